The predicted molar refractivity (Wildman–Crippen MR) is 97.6 cm³/mol. The molecular formula is C20H21FN4O2. The molecule has 1 N–H and O–H groups in total. The number of nitrogens with zero attached hydrogens (tertiary/aromatic N) is 4. The summed E-state index contributed by atoms with van der Waals surface area (Å²) in [5.74, 6) is 1.13. The number of halogens is 1. The van der Waals surface area contributed by atoms with Crippen LogP contribution in [-0.2, 0) is 6.54 Å². The van der Waals surface area contributed by atoms with Gasteiger partial charge < -0.3 is 9.63 Å². The van der Waals surface area contributed by atoms with Gasteiger partial charge in [-0.25, -0.2) is 4.39 Å². The fraction of sp³-hybridized carbons (Fsp3) is 0.350. The van der Waals surface area contributed by atoms with Crippen LogP contribution in [0.2, 0.25) is 0 Å². The first-order chi connectivity index (χ1) is 13.1. The van der Waals surface area contributed by atoms with E-state index in [0.717, 1.165) is 37.2 Å². The fourth-order valence-electron chi connectivity index (χ4n) is 3.45. The second-order valence-corrected chi connectivity index (χ2v) is 6.96. The van der Waals surface area contributed by atoms with Gasteiger partial charge in [0.15, 0.2) is 0 Å². The zero-order valence-corrected chi connectivity index (χ0v) is 15.1. The highest BCUT2D eigenvalue weighted by Crippen LogP contribution is 2.29. The Morgan fingerprint density at radius 3 is 2.81 bits per heavy atom. The Kier molecular flexibility index (Phi) is 4.85. The molecule has 1 fully saturated rings. The molecule has 3 heterocycles. The highest BCUT2D eigenvalue weighted by molar-refractivity contribution is 5.53. The number of aryl methyl sites for hydroxylation is 1. The minimum Gasteiger partial charge on any atom is -0.506 e. The molecule has 0 aliphatic carbocycles. The van der Waals surface area contributed by atoms with Crippen LogP contribution in [0.25, 0.3) is 11.4 Å². The number of piperidine rings is 1. The van der Waals surface area contributed by atoms with E-state index in [1.54, 1.807) is 24.3 Å². The molecule has 3 aromatic rings. The molecule has 0 bridgehead atoms. The number of benzene rings is 1. The third-order valence-electron chi connectivity index (χ3n) is 4.86. The van der Waals surface area contributed by atoms with E-state index in [4.69, 9.17) is 4.52 Å². The number of hydrogen-bond acceptors (Lipinski definition) is 6. The molecule has 0 spiro atoms. The summed E-state index contributed by atoms with van der Waals surface area (Å²) in [6, 6.07) is 9.54. The van der Waals surface area contributed by atoms with E-state index in [2.05, 4.69) is 20.0 Å². The molecule has 4 rings (SSSR count). The summed E-state index contributed by atoms with van der Waals surface area (Å²) in [6.07, 6.45) is 1.97. The SMILES string of the molecule is Cc1ccc(O)c(CN2CCCC(c3nc(-c4ccc(F)cc4)no3)C2)n1. The van der Waals surface area contributed by atoms with Crippen molar-refractivity contribution in [2.45, 2.75) is 32.2 Å². The maximum Gasteiger partial charge on any atom is 0.231 e. The topological polar surface area (TPSA) is 75.3 Å². The first-order valence-electron chi connectivity index (χ1n) is 9.06. The minimum atomic E-state index is -0.293. The van der Waals surface area contributed by atoms with Crippen molar-refractivity contribution < 1.29 is 14.0 Å². The van der Waals surface area contributed by atoms with Gasteiger partial charge in [0, 0.05) is 24.3 Å². The van der Waals surface area contributed by atoms with Gasteiger partial charge >= 0.3 is 0 Å². The number of hydrogen-bond donors (Lipinski definition) is 1. The lowest BCUT2D eigenvalue weighted by molar-refractivity contribution is 0.177. The number of likely N-dealkylation sites (tertiary alicyclic amines) is 1. The van der Waals surface area contributed by atoms with Crippen LogP contribution in [0.5, 0.6) is 5.75 Å². The van der Waals surface area contributed by atoms with Crippen LogP contribution >= 0.6 is 0 Å². The molecular weight excluding hydrogens is 347 g/mol. The molecule has 1 saturated heterocycles. The molecule has 0 saturated carbocycles. The van der Waals surface area contributed by atoms with Crippen molar-refractivity contribution in [3.05, 3.63) is 59.5 Å². The summed E-state index contributed by atoms with van der Waals surface area (Å²) in [4.78, 5) is 11.2. The minimum absolute atomic E-state index is 0.132. The Hall–Kier alpha value is -2.80. The van der Waals surface area contributed by atoms with E-state index in [1.165, 1.54) is 12.1 Å². The molecule has 1 aliphatic rings. The average Bonchev–Trinajstić information content (AvgIpc) is 3.16. The summed E-state index contributed by atoms with van der Waals surface area (Å²) >= 11 is 0. The summed E-state index contributed by atoms with van der Waals surface area (Å²) in [6.45, 7) is 4.20. The first kappa shape index (κ1) is 17.6. The quantitative estimate of drug-likeness (QED) is 0.757. The first-order valence-corrected chi connectivity index (χ1v) is 9.06. The van der Waals surface area contributed by atoms with Gasteiger partial charge in [-0.2, -0.15) is 4.98 Å². The van der Waals surface area contributed by atoms with Gasteiger partial charge in [0.1, 0.15) is 11.6 Å². The van der Waals surface area contributed by atoms with Crippen molar-refractivity contribution in [2.75, 3.05) is 13.1 Å². The molecule has 0 radical (unpaired) electrons. The van der Waals surface area contributed by atoms with Gasteiger partial charge in [0.2, 0.25) is 11.7 Å². The van der Waals surface area contributed by atoms with Crippen LogP contribution in [-0.4, -0.2) is 38.2 Å². The van der Waals surface area contributed by atoms with E-state index in [-0.39, 0.29) is 17.5 Å². The standard InChI is InChI=1S/C20H21FN4O2/c1-13-4-9-18(26)17(22-13)12-25-10-2-3-15(11-25)20-23-19(24-27-20)14-5-7-16(21)8-6-14/h4-9,15,26H,2-3,10-12H2,1H3. The highest BCUT2D eigenvalue weighted by Gasteiger charge is 2.27. The van der Waals surface area contributed by atoms with Gasteiger partial charge in [-0.15, -0.1) is 0 Å². The molecule has 27 heavy (non-hydrogen) atoms. The maximum absolute atomic E-state index is 13.1. The van der Waals surface area contributed by atoms with Gasteiger partial charge in [-0.1, -0.05) is 5.16 Å². The van der Waals surface area contributed by atoms with Crippen molar-refractivity contribution in [1.29, 1.82) is 0 Å². The molecule has 1 unspecified atom stereocenters. The van der Waals surface area contributed by atoms with E-state index >= 15 is 0 Å². The summed E-state index contributed by atoms with van der Waals surface area (Å²) in [7, 11) is 0. The van der Waals surface area contributed by atoms with Crippen molar-refractivity contribution >= 4 is 0 Å². The van der Waals surface area contributed by atoms with Gasteiger partial charge in [0.05, 0.1) is 11.6 Å². The van der Waals surface area contributed by atoms with Crippen molar-refractivity contribution in [1.82, 2.24) is 20.0 Å². The summed E-state index contributed by atoms with van der Waals surface area (Å²) in [5.41, 5.74) is 2.30. The van der Waals surface area contributed by atoms with Crippen molar-refractivity contribution in [2.24, 2.45) is 0 Å². The number of aromatic nitrogens is 3. The van der Waals surface area contributed by atoms with Gasteiger partial charge in [-0.3, -0.25) is 9.88 Å². The Balaban J connectivity index is 1.47. The molecule has 1 atom stereocenters. The Morgan fingerprint density at radius 2 is 2.00 bits per heavy atom. The molecule has 1 aliphatic heterocycles. The van der Waals surface area contributed by atoms with Crippen LogP contribution in [0.3, 0.4) is 0 Å². The smallest absolute Gasteiger partial charge is 0.231 e. The molecule has 1 aromatic carbocycles. The van der Waals surface area contributed by atoms with E-state index in [1.807, 2.05) is 6.92 Å². The Bertz CT molecular complexity index is 926. The molecule has 140 valence electrons. The van der Waals surface area contributed by atoms with Crippen LogP contribution in [0.4, 0.5) is 4.39 Å². The lowest BCUT2D eigenvalue weighted by Crippen LogP contribution is -2.34. The predicted octanol–water partition coefficient (Wildman–Crippen LogP) is 3.66. The van der Waals surface area contributed by atoms with E-state index in [9.17, 15) is 9.50 Å². The van der Waals surface area contributed by atoms with E-state index in [0.29, 0.717) is 24.0 Å². The van der Waals surface area contributed by atoms with Crippen LogP contribution in [0.1, 0.15) is 36.0 Å². The zero-order valence-electron chi connectivity index (χ0n) is 15.1. The number of aromatic hydroxyl groups is 1. The highest BCUT2D eigenvalue weighted by atomic mass is 19.1. The normalized spacial score (nSPS) is 17.9. The van der Waals surface area contributed by atoms with Crippen molar-refractivity contribution in [3.8, 4) is 17.1 Å². The van der Waals surface area contributed by atoms with Crippen LogP contribution < -0.4 is 0 Å². The van der Waals surface area contributed by atoms with Gasteiger partial charge in [-0.05, 0) is 62.7 Å². The van der Waals surface area contributed by atoms with Crippen LogP contribution in [0.15, 0.2) is 40.9 Å². The largest absolute Gasteiger partial charge is 0.506 e. The summed E-state index contributed by atoms with van der Waals surface area (Å²) < 4.78 is 18.6. The molecule has 7 heteroatoms. The Morgan fingerprint density at radius 1 is 1.19 bits per heavy atom. The van der Waals surface area contributed by atoms with Crippen LogP contribution in [0, 0.1) is 12.7 Å². The lowest BCUT2D eigenvalue weighted by Gasteiger charge is -2.30. The van der Waals surface area contributed by atoms with Gasteiger partial charge in [0.25, 0.3) is 0 Å². The average molecular weight is 368 g/mol. The third kappa shape index (κ3) is 3.98. The second kappa shape index (κ2) is 7.44. The Labute approximate surface area is 156 Å². The lowest BCUT2D eigenvalue weighted by atomic mass is 9.97. The number of pyridine rings is 1. The second-order valence-electron chi connectivity index (χ2n) is 6.96. The molecule has 0 amide bonds. The number of rotatable bonds is 4. The maximum atomic E-state index is 13.1. The monoisotopic (exact) mass is 368 g/mol. The molecule has 2 aromatic heterocycles. The molecule has 6 nitrogen and oxygen atoms in total. The summed E-state index contributed by atoms with van der Waals surface area (Å²) in [5, 5.41) is 14.1. The fourth-order valence-corrected chi connectivity index (χ4v) is 3.45. The van der Waals surface area contributed by atoms with E-state index < -0.39 is 0 Å². The van der Waals surface area contributed by atoms with Crippen molar-refractivity contribution in [3.63, 3.8) is 0 Å². The zero-order chi connectivity index (χ0) is 18.8. The third-order valence-corrected chi connectivity index (χ3v) is 4.86.